The number of hydrogen-bond donors (Lipinski definition) is 3. The molecule has 0 atom stereocenters. The zero-order chi connectivity index (χ0) is 15.2. The number of hydrogen-bond acceptors (Lipinski definition) is 6. The number of thiocarbonyl (C=S) groups is 1. The van der Waals surface area contributed by atoms with Crippen molar-refractivity contribution in [1.29, 1.82) is 0 Å². The van der Waals surface area contributed by atoms with Gasteiger partial charge in [0.1, 0.15) is 4.88 Å². The van der Waals surface area contributed by atoms with E-state index in [4.69, 9.17) is 17.0 Å². The lowest BCUT2D eigenvalue weighted by atomic mass is 10.4. The van der Waals surface area contributed by atoms with Gasteiger partial charge in [-0.25, -0.2) is 4.98 Å². The third-order valence-electron chi connectivity index (χ3n) is 2.90. The van der Waals surface area contributed by atoms with Gasteiger partial charge in [0.2, 0.25) is 0 Å². The Bertz CT molecular complexity index is 514. The second-order valence-corrected chi connectivity index (χ2v) is 5.83. The third-order valence-corrected chi connectivity index (χ3v) is 4.36. The van der Waals surface area contributed by atoms with Crippen molar-refractivity contribution in [3.8, 4) is 0 Å². The minimum atomic E-state index is -0.232. The van der Waals surface area contributed by atoms with E-state index in [1.807, 2.05) is 13.8 Å². The first-order chi connectivity index (χ1) is 10.1. The Hall–Kier alpha value is -1.45. The Morgan fingerprint density at radius 2 is 2.14 bits per heavy atom. The van der Waals surface area contributed by atoms with Gasteiger partial charge in [0, 0.05) is 19.6 Å². The van der Waals surface area contributed by atoms with Gasteiger partial charge in [-0.1, -0.05) is 11.3 Å². The van der Waals surface area contributed by atoms with Crippen molar-refractivity contribution < 1.29 is 9.53 Å². The van der Waals surface area contributed by atoms with Gasteiger partial charge < -0.3 is 15.0 Å². The molecule has 21 heavy (non-hydrogen) atoms. The van der Waals surface area contributed by atoms with Crippen molar-refractivity contribution >= 4 is 39.7 Å². The van der Waals surface area contributed by atoms with Gasteiger partial charge >= 0.3 is 0 Å². The maximum Gasteiger partial charge on any atom is 0.281 e. The quantitative estimate of drug-likeness (QED) is 0.548. The smallest absolute Gasteiger partial charge is 0.281 e. The molecule has 1 amide bonds. The summed E-state index contributed by atoms with van der Waals surface area (Å²) in [7, 11) is 0. The van der Waals surface area contributed by atoms with Crippen LogP contribution in [0.25, 0.3) is 0 Å². The minimum Gasteiger partial charge on any atom is -0.378 e. The van der Waals surface area contributed by atoms with E-state index in [0.29, 0.717) is 29.7 Å². The van der Waals surface area contributed by atoms with Gasteiger partial charge in [-0.15, -0.1) is 0 Å². The highest BCUT2D eigenvalue weighted by molar-refractivity contribution is 7.80. The highest BCUT2D eigenvalue weighted by atomic mass is 32.1. The molecule has 7 nitrogen and oxygen atoms in total. The molecule has 0 radical (unpaired) electrons. The Morgan fingerprint density at radius 3 is 2.81 bits per heavy atom. The molecule has 3 N–H and O–H groups in total. The molecule has 116 valence electrons. The summed E-state index contributed by atoms with van der Waals surface area (Å²) in [6, 6.07) is 0. The number of nitrogens with one attached hydrogen (secondary N) is 3. The molecular weight excluding hydrogens is 310 g/mol. The van der Waals surface area contributed by atoms with E-state index in [9.17, 15) is 4.79 Å². The lowest BCUT2D eigenvalue weighted by Gasteiger charge is -2.25. The number of rotatable bonds is 3. The first-order valence-electron chi connectivity index (χ1n) is 6.76. The van der Waals surface area contributed by atoms with Crippen LogP contribution >= 0.6 is 23.6 Å². The summed E-state index contributed by atoms with van der Waals surface area (Å²) >= 11 is 6.37. The van der Waals surface area contributed by atoms with Gasteiger partial charge in [0.05, 0.1) is 18.9 Å². The van der Waals surface area contributed by atoms with E-state index in [2.05, 4.69) is 26.1 Å². The zero-order valence-corrected chi connectivity index (χ0v) is 13.7. The lowest BCUT2D eigenvalue weighted by Crippen LogP contribution is -2.46. The summed E-state index contributed by atoms with van der Waals surface area (Å²) in [4.78, 5) is 19.3. The average molecular weight is 329 g/mol. The predicted molar refractivity (Wildman–Crippen MR) is 86.8 cm³/mol. The van der Waals surface area contributed by atoms with E-state index in [1.165, 1.54) is 11.3 Å². The molecule has 0 aromatic carbocycles. The number of thiazole rings is 1. The van der Waals surface area contributed by atoms with Gasteiger partial charge in [0.15, 0.2) is 10.2 Å². The number of aromatic nitrogens is 1. The molecule has 9 heteroatoms. The fourth-order valence-corrected chi connectivity index (χ4v) is 3.07. The minimum absolute atomic E-state index is 0.232. The molecule has 1 fully saturated rings. The van der Waals surface area contributed by atoms with E-state index in [1.54, 1.807) is 0 Å². The van der Waals surface area contributed by atoms with E-state index >= 15 is 0 Å². The first kappa shape index (κ1) is 15.9. The summed E-state index contributed by atoms with van der Waals surface area (Å²) < 4.78 is 5.32. The number of nitrogens with zero attached hydrogens (tertiary/aromatic N) is 2. The average Bonchev–Trinajstić information content (AvgIpc) is 2.88. The number of carbonyl (C=O) groups is 1. The van der Waals surface area contributed by atoms with Crippen LogP contribution < -0.4 is 21.1 Å². The van der Waals surface area contributed by atoms with Crippen LogP contribution in [0.2, 0.25) is 0 Å². The summed E-state index contributed by atoms with van der Waals surface area (Å²) in [6.45, 7) is 7.45. The van der Waals surface area contributed by atoms with Crippen molar-refractivity contribution in [1.82, 2.24) is 21.2 Å². The Kier molecular flexibility index (Phi) is 5.71. The largest absolute Gasteiger partial charge is 0.378 e. The number of carbonyl (C=O) groups excluding carboxylic acids is 1. The van der Waals surface area contributed by atoms with Crippen molar-refractivity contribution in [3.63, 3.8) is 0 Å². The predicted octanol–water partition coefficient (Wildman–Crippen LogP) is 0.417. The van der Waals surface area contributed by atoms with Crippen LogP contribution in [-0.4, -0.2) is 48.9 Å². The molecule has 0 spiro atoms. The van der Waals surface area contributed by atoms with Crippen LogP contribution in [0.15, 0.2) is 0 Å². The van der Waals surface area contributed by atoms with Crippen LogP contribution in [0.1, 0.15) is 22.3 Å². The topological polar surface area (TPSA) is 78.5 Å². The maximum atomic E-state index is 12.1. The molecule has 0 bridgehead atoms. The first-order valence-corrected chi connectivity index (χ1v) is 7.98. The Balaban J connectivity index is 1.97. The summed E-state index contributed by atoms with van der Waals surface area (Å²) in [6.07, 6.45) is 0. The molecule has 2 heterocycles. The monoisotopic (exact) mass is 329 g/mol. The molecule has 1 aromatic heterocycles. The summed E-state index contributed by atoms with van der Waals surface area (Å²) in [5, 5.41) is 4.14. The van der Waals surface area contributed by atoms with E-state index in [-0.39, 0.29) is 5.91 Å². The standard InChI is InChI=1S/C12H19N5O2S2/c1-3-13-11(20)16-15-10(18)9-8(2)14-12(21-9)17-4-6-19-7-5-17/h3-7H2,1-2H3,(H,15,18)(H2,13,16,20). The number of anilines is 1. The molecular formula is C12H19N5O2S2. The molecule has 0 saturated carbocycles. The van der Waals surface area contributed by atoms with E-state index in [0.717, 1.165) is 23.9 Å². The SMILES string of the molecule is CCNC(=S)NNC(=O)c1sc(N2CCOCC2)nc1C. The van der Waals surface area contributed by atoms with Gasteiger partial charge in [0.25, 0.3) is 5.91 Å². The number of amides is 1. The van der Waals surface area contributed by atoms with Gasteiger partial charge in [-0.2, -0.15) is 0 Å². The van der Waals surface area contributed by atoms with Crippen LogP contribution in [-0.2, 0) is 4.74 Å². The van der Waals surface area contributed by atoms with Crippen molar-refractivity contribution in [3.05, 3.63) is 10.6 Å². The van der Waals surface area contributed by atoms with Crippen LogP contribution in [0.5, 0.6) is 0 Å². The number of ether oxygens (including phenoxy) is 1. The normalized spacial score (nSPS) is 14.7. The summed E-state index contributed by atoms with van der Waals surface area (Å²) in [5.41, 5.74) is 5.96. The molecule has 1 aliphatic heterocycles. The second kappa shape index (κ2) is 7.53. The fourth-order valence-electron chi connectivity index (χ4n) is 1.86. The third kappa shape index (κ3) is 4.26. The van der Waals surface area contributed by atoms with Crippen molar-refractivity contribution in [2.75, 3.05) is 37.7 Å². The molecule has 1 saturated heterocycles. The lowest BCUT2D eigenvalue weighted by molar-refractivity contribution is 0.0947. The van der Waals surface area contributed by atoms with Crippen molar-refractivity contribution in [2.24, 2.45) is 0 Å². The van der Waals surface area contributed by atoms with E-state index < -0.39 is 0 Å². The summed E-state index contributed by atoms with van der Waals surface area (Å²) in [5.74, 6) is -0.232. The van der Waals surface area contributed by atoms with Gasteiger partial charge in [-0.3, -0.25) is 15.6 Å². The molecule has 0 aliphatic carbocycles. The molecule has 1 aromatic rings. The number of morpholine rings is 1. The molecule has 2 rings (SSSR count). The van der Waals surface area contributed by atoms with Gasteiger partial charge in [-0.05, 0) is 26.1 Å². The highest BCUT2D eigenvalue weighted by Gasteiger charge is 2.20. The number of aryl methyl sites for hydroxylation is 1. The van der Waals surface area contributed by atoms with Crippen LogP contribution in [0.3, 0.4) is 0 Å². The fraction of sp³-hybridized carbons (Fsp3) is 0.583. The Morgan fingerprint density at radius 1 is 1.43 bits per heavy atom. The molecule has 0 unspecified atom stereocenters. The van der Waals surface area contributed by atoms with Crippen LogP contribution in [0, 0.1) is 6.92 Å². The second-order valence-electron chi connectivity index (χ2n) is 4.45. The van der Waals surface area contributed by atoms with Crippen LogP contribution in [0.4, 0.5) is 5.13 Å². The Labute approximate surface area is 133 Å². The molecule has 1 aliphatic rings. The maximum absolute atomic E-state index is 12.1. The highest BCUT2D eigenvalue weighted by Crippen LogP contribution is 2.26. The number of hydrazine groups is 1. The zero-order valence-electron chi connectivity index (χ0n) is 12.1. The van der Waals surface area contributed by atoms with Crippen molar-refractivity contribution in [2.45, 2.75) is 13.8 Å².